The Morgan fingerprint density at radius 2 is 1.36 bits per heavy atom. The lowest BCUT2D eigenvalue weighted by molar-refractivity contribution is 0.178. The van der Waals surface area contributed by atoms with Crippen molar-refractivity contribution < 1.29 is 27.9 Å². The van der Waals surface area contributed by atoms with Crippen molar-refractivity contribution in [2.75, 3.05) is 26.4 Å². The van der Waals surface area contributed by atoms with Gasteiger partial charge in [0.15, 0.2) is 0 Å². The number of rotatable bonds is 15. The van der Waals surface area contributed by atoms with Gasteiger partial charge in [0.05, 0.1) is 13.2 Å². The molecule has 0 radical (unpaired) electrons. The van der Waals surface area contributed by atoms with E-state index in [2.05, 4.69) is 6.92 Å². The molecule has 0 amide bonds. The highest BCUT2D eigenvalue weighted by atomic mass is 32.2. The summed E-state index contributed by atoms with van der Waals surface area (Å²) in [7, 11) is -3.95. The third-order valence-electron chi connectivity index (χ3n) is 3.98. The molecule has 22 heavy (non-hydrogen) atoms. The van der Waals surface area contributed by atoms with E-state index < -0.39 is 14.9 Å². The molecule has 0 aromatic rings. The van der Waals surface area contributed by atoms with Crippen molar-refractivity contribution in [3.63, 3.8) is 0 Å². The third kappa shape index (κ3) is 7.37. The highest BCUT2D eigenvalue weighted by Crippen LogP contribution is 2.33. The van der Waals surface area contributed by atoms with E-state index in [9.17, 15) is 18.6 Å². The van der Waals surface area contributed by atoms with Crippen molar-refractivity contribution in [3.05, 3.63) is 0 Å². The summed E-state index contributed by atoms with van der Waals surface area (Å²) in [6.07, 6.45) is 6.59. The highest BCUT2D eigenvalue weighted by Gasteiger charge is 2.43. The van der Waals surface area contributed by atoms with Crippen molar-refractivity contribution in [2.24, 2.45) is 0 Å². The lowest BCUT2D eigenvalue weighted by atomic mass is 9.93. The highest BCUT2D eigenvalue weighted by molar-refractivity contribution is 7.88. The van der Waals surface area contributed by atoms with E-state index in [0.717, 1.165) is 25.7 Å². The molecule has 0 aromatic heterocycles. The van der Waals surface area contributed by atoms with Crippen LogP contribution in [0.4, 0.5) is 0 Å². The molecule has 0 rings (SSSR count). The van der Waals surface area contributed by atoms with Crippen LogP contribution in [-0.4, -0.2) is 54.9 Å². The van der Waals surface area contributed by atoms with Crippen LogP contribution in [0, 0.1) is 0 Å². The molecule has 3 N–H and O–H groups in total. The van der Waals surface area contributed by atoms with Gasteiger partial charge in [0.25, 0.3) is 10.1 Å². The molecule has 0 spiro atoms. The monoisotopic (exact) mass is 340 g/mol. The zero-order valence-corrected chi connectivity index (χ0v) is 14.5. The maximum absolute atomic E-state index is 12.4. The zero-order chi connectivity index (χ0) is 16.9. The molecule has 0 saturated heterocycles. The fourth-order valence-corrected chi connectivity index (χ4v) is 4.28. The minimum absolute atomic E-state index is 0.0380. The van der Waals surface area contributed by atoms with E-state index in [0.29, 0.717) is 12.8 Å². The number of unbranched alkanes of at least 4 members (excludes halogenated alkanes) is 5. The van der Waals surface area contributed by atoms with E-state index in [-0.39, 0.29) is 39.3 Å². The standard InChI is InChI=1S/C15H32O6S/c1-2-3-4-5-6-7-8-15(9-11-16,10-12-17)22(19,20)21-14-13-18/h16-18H,2-14H2,1H3. The third-order valence-corrected chi connectivity index (χ3v) is 6.13. The normalized spacial score (nSPS) is 12.7. The Balaban J connectivity index is 4.77. The Morgan fingerprint density at radius 3 is 1.86 bits per heavy atom. The quantitative estimate of drug-likeness (QED) is 0.309. The number of hydrogen-bond donors (Lipinski definition) is 3. The molecular formula is C15H32O6S. The molecule has 0 bridgehead atoms. The Morgan fingerprint density at radius 1 is 0.818 bits per heavy atom. The molecular weight excluding hydrogens is 308 g/mol. The van der Waals surface area contributed by atoms with Crippen LogP contribution in [0.25, 0.3) is 0 Å². The van der Waals surface area contributed by atoms with Gasteiger partial charge in [0, 0.05) is 13.2 Å². The number of aliphatic hydroxyl groups excluding tert-OH is 3. The molecule has 7 heteroatoms. The SMILES string of the molecule is CCCCCCCCC(CCO)(CCO)S(=O)(=O)OCCO. The molecule has 134 valence electrons. The second-order valence-electron chi connectivity index (χ2n) is 5.65. The van der Waals surface area contributed by atoms with E-state index >= 15 is 0 Å². The van der Waals surface area contributed by atoms with Crippen molar-refractivity contribution in [2.45, 2.75) is 69.5 Å². The Hall–Kier alpha value is -0.210. The van der Waals surface area contributed by atoms with Crippen LogP contribution >= 0.6 is 0 Å². The van der Waals surface area contributed by atoms with Crippen LogP contribution in [0.3, 0.4) is 0 Å². The molecule has 0 fully saturated rings. The van der Waals surface area contributed by atoms with Crippen molar-refractivity contribution in [1.82, 2.24) is 0 Å². The number of aliphatic hydroxyl groups is 3. The van der Waals surface area contributed by atoms with Gasteiger partial charge in [-0.2, -0.15) is 8.42 Å². The predicted molar refractivity (Wildman–Crippen MR) is 86.1 cm³/mol. The van der Waals surface area contributed by atoms with Gasteiger partial charge in [-0.25, -0.2) is 0 Å². The van der Waals surface area contributed by atoms with Crippen molar-refractivity contribution in [3.8, 4) is 0 Å². The van der Waals surface area contributed by atoms with Crippen LogP contribution in [0.15, 0.2) is 0 Å². The topological polar surface area (TPSA) is 104 Å². The smallest absolute Gasteiger partial charge is 0.273 e. The summed E-state index contributed by atoms with van der Waals surface area (Å²) in [5.74, 6) is 0. The van der Waals surface area contributed by atoms with E-state index in [1.807, 2.05) is 0 Å². The summed E-state index contributed by atoms with van der Waals surface area (Å²) in [5, 5.41) is 27.2. The largest absolute Gasteiger partial charge is 0.396 e. The minimum Gasteiger partial charge on any atom is -0.396 e. The molecule has 6 nitrogen and oxygen atoms in total. The molecule has 0 aliphatic heterocycles. The molecule has 0 aliphatic rings. The fourth-order valence-electron chi connectivity index (χ4n) is 2.66. The molecule has 0 unspecified atom stereocenters. The summed E-state index contributed by atoms with van der Waals surface area (Å²) in [5.41, 5.74) is 0. The Bertz CT molecular complexity index is 349. The first-order valence-electron chi connectivity index (χ1n) is 8.21. The lowest BCUT2D eigenvalue weighted by Gasteiger charge is -2.31. The molecule has 0 heterocycles. The van der Waals surface area contributed by atoms with Crippen LogP contribution in [0.2, 0.25) is 0 Å². The first kappa shape index (κ1) is 21.8. The average Bonchev–Trinajstić information content (AvgIpc) is 2.49. The van der Waals surface area contributed by atoms with Crippen LogP contribution in [-0.2, 0) is 14.3 Å². The summed E-state index contributed by atoms with van der Waals surface area (Å²) >= 11 is 0. The average molecular weight is 340 g/mol. The Labute approximate surface area is 134 Å². The first-order chi connectivity index (χ1) is 10.5. The summed E-state index contributed by atoms with van der Waals surface area (Å²) in [6.45, 7) is 0.899. The van der Waals surface area contributed by atoms with Crippen LogP contribution in [0.1, 0.15) is 64.7 Å². The van der Waals surface area contributed by atoms with Gasteiger partial charge in [-0.05, 0) is 19.3 Å². The van der Waals surface area contributed by atoms with E-state index in [1.54, 1.807) is 0 Å². The van der Waals surface area contributed by atoms with Gasteiger partial charge in [-0.15, -0.1) is 0 Å². The van der Waals surface area contributed by atoms with E-state index in [4.69, 9.17) is 9.29 Å². The van der Waals surface area contributed by atoms with Crippen molar-refractivity contribution in [1.29, 1.82) is 0 Å². The van der Waals surface area contributed by atoms with Crippen molar-refractivity contribution >= 4 is 10.1 Å². The molecule has 0 atom stereocenters. The second kappa shape index (κ2) is 12.2. The summed E-state index contributed by atoms with van der Waals surface area (Å²) < 4.78 is 28.4. The van der Waals surface area contributed by atoms with Gasteiger partial charge in [-0.1, -0.05) is 45.4 Å². The van der Waals surface area contributed by atoms with E-state index in [1.165, 1.54) is 6.42 Å². The van der Waals surface area contributed by atoms with Gasteiger partial charge in [-0.3, -0.25) is 4.18 Å². The van der Waals surface area contributed by atoms with Gasteiger partial charge >= 0.3 is 0 Å². The molecule has 0 aromatic carbocycles. The van der Waals surface area contributed by atoms with Gasteiger partial charge in [0.2, 0.25) is 0 Å². The van der Waals surface area contributed by atoms with Gasteiger partial charge < -0.3 is 15.3 Å². The minimum atomic E-state index is -3.95. The molecule has 0 saturated carbocycles. The maximum atomic E-state index is 12.4. The zero-order valence-electron chi connectivity index (χ0n) is 13.7. The first-order valence-corrected chi connectivity index (χ1v) is 9.62. The van der Waals surface area contributed by atoms with Gasteiger partial charge in [0.1, 0.15) is 4.75 Å². The fraction of sp³-hybridized carbons (Fsp3) is 1.00. The summed E-state index contributed by atoms with van der Waals surface area (Å²) in [4.78, 5) is 0. The van der Waals surface area contributed by atoms with Crippen LogP contribution < -0.4 is 0 Å². The second-order valence-corrected chi connectivity index (χ2v) is 7.66. The Kier molecular flexibility index (Phi) is 12.1. The number of hydrogen-bond acceptors (Lipinski definition) is 6. The molecule has 0 aliphatic carbocycles. The predicted octanol–water partition coefficient (Wildman–Crippen LogP) is 1.58. The lowest BCUT2D eigenvalue weighted by Crippen LogP contribution is -2.42. The maximum Gasteiger partial charge on any atom is 0.273 e. The summed E-state index contributed by atoms with van der Waals surface area (Å²) in [6, 6.07) is 0. The van der Waals surface area contributed by atoms with Crippen LogP contribution in [0.5, 0.6) is 0 Å².